The van der Waals surface area contributed by atoms with Gasteiger partial charge in [-0.1, -0.05) is 59.2 Å². The van der Waals surface area contributed by atoms with Gasteiger partial charge in [-0.05, 0) is 37.0 Å². The van der Waals surface area contributed by atoms with Crippen molar-refractivity contribution in [2.45, 2.75) is 38.6 Å². The van der Waals surface area contributed by atoms with E-state index in [0.29, 0.717) is 29.5 Å². The number of rotatable bonds is 7. The predicted octanol–water partition coefficient (Wildman–Crippen LogP) is 5.18. The molecule has 1 amide bonds. The molecule has 2 aromatic carbocycles. The highest BCUT2D eigenvalue weighted by Crippen LogP contribution is 2.34. The molecule has 3 heterocycles. The molecule has 0 bridgehead atoms. The molecule has 0 saturated carbocycles. The Balaban J connectivity index is 1.36. The van der Waals surface area contributed by atoms with Gasteiger partial charge in [-0.15, -0.1) is 0 Å². The highest BCUT2D eigenvalue weighted by atomic mass is 35.5. The van der Waals surface area contributed by atoms with Crippen molar-refractivity contribution in [1.29, 1.82) is 0 Å². The summed E-state index contributed by atoms with van der Waals surface area (Å²) < 4.78 is 5.66. The minimum atomic E-state index is -0.0549. The van der Waals surface area contributed by atoms with E-state index in [1.54, 1.807) is 0 Å². The van der Waals surface area contributed by atoms with Crippen LogP contribution in [0.4, 0.5) is 5.82 Å². The zero-order chi connectivity index (χ0) is 23.3. The molecule has 174 valence electrons. The maximum Gasteiger partial charge on any atom is 0.263 e. The molecule has 1 fully saturated rings. The third-order valence-corrected chi connectivity index (χ3v) is 6.30. The monoisotopic (exact) mass is 475 g/mol. The Labute approximate surface area is 203 Å². The van der Waals surface area contributed by atoms with Gasteiger partial charge in [0, 0.05) is 43.1 Å². The summed E-state index contributed by atoms with van der Waals surface area (Å²) in [5.74, 6) is 1.38. The fourth-order valence-electron chi connectivity index (χ4n) is 4.24. The molecular formula is C26H26ClN5O2. The Morgan fingerprint density at radius 2 is 1.76 bits per heavy atom. The first-order chi connectivity index (χ1) is 16.7. The molecule has 1 aliphatic heterocycles. The van der Waals surface area contributed by atoms with Crippen molar-refractivity contribution >= 4 is 34.4 Å². The second kappa shape index (κ2) is 10.2. The third-order valence-electron chi connectivity index (χ3n) is 6.04. The number of carbonyl (C=O) groups is 1. The number of aryl methyl sites for hydroxylation is 1. The first kappa shape index (κ1) is 22.3. The quantitative estimate of drug-likeness (QED) is 0.396. The van der Waals surface area contributed by atoms with Crippen LogP contribution in [0.2, 0.25) is 5.02 Å². The summed E-state index contributed by atoms with van der Waals surface area (Å²) in [6.07, 6.45) is 4.18. The molecule has 0 unspecified atom stereocenters. The first-order valence-electron chi connectivity index (χ1n) is 11.7. The Morgan fingerprint density at radius 3 is 2.53 bits per heavy atom. The maximum atomic E-state index is 12.5. The number of nitrogens with one attached hydrogen (secondary N) is 1. The van der Waals surface area contributed by atoms with Crippen molar-refractivity contribution in [2.75, 3.05) is 18.0 Å². The summed E-state index contributed by atoms with van der Waals surface area (Å²) in [5.41, 5.74) is 3.18. The minimum Gasteiger partial charge on any atom is -0.356 e. The number of carbonyl (C=O) groups excluding carboxylic acids is 1. The third kappa shape index (κ3) is 5.04. The van der Waals surface area contributed by atoms with Gasteiger partial charge in [-0.3, -0.25) is 4.79 Å². The summed E-state index contributed by atoms with van der Waals surface area (Å²) in [5, 5.41) is 8.79. The lowest BCUT2D eigenvalue weighted by atomic mass is 10.1. The molecule has 5 rings (SSSR count). The molecule has 0 atom stereocenters. The molecular weight excluding hydrogens is 450 g/mol. The summed E-state index contributed by atoms with van der Waals surface area (Å²) in [4.78, 5) is 24.3. The average Bonchev–Trinajstić information content (AvgIpc) is 3.32. The van der Waals surface area contributed by atoms with E-state index < -0.39 is 0 Å². The van der Waals surface area contributed by atoms with Crippen LogP contribution in [-0.4, -0.2) is 34.1 Å². The van der Waals surface area contributed by atoms with Crippen LogP contribution in [0.15, 0.2) is 59.1 Å². The van der Waals surface area contributed by atoms with Crippen molar-refractivity contribution in [2.24, 2.45) is 0 Å². The standard InChI is InChI=1S/C26H26ClN5O2/c27-20-11-9-18(10-12-20)17-28-22(33)14-13-21-29-25(32-15-5-2-6-16-32)23-24(31-34-26(23)30-21)19-7-3-1-4-8-19/h1,3-4,7-12H,2,5-6,13-17H2,(H,28,33). The van der Waals surface area contributed by atoms with Crippen LogP contribution in [0.5, 0.6) is 0 Å². The minimum absolute atomic E-state index is 0.0549. The summed E-state index contributed by atoms with van der Waals surface area (Å²) in [7, 11) is 0. The highest BCUT2D eigenvalue weighted by molar-refractivity contribution is 6.30. The van der Waals surface area contributed by atoms with E-state index in [1.807, 2.05) is 54.6 Å². The van der Waals surface area contributed by atoms with Gasteiger partial charge in [0.05, 0.1) is 0 Å². The summed E-state index contributed by atoms with van der Waals surface area (Å²) in [6.45, 7) is 2.33. The molecule has 0 spiro atoms. The number of anilines is 1. The average molecular weight is 476 g/mol. The van der Waals surface area contributed by atoms with Gasteiger partial charge >= 0.3 is 0 Å². The number of piperidine rings is 1. The molecule has 2 aromatic heterocycles. The number of fused-ring (bicyclic) bond motifs is 1. The topological polar surface area (TPSA) is 84.2 Å². The lowest BCUT2D eigenvalue weighted by Crippen LogP contribution is -2.30. The van der Waals surface area contributed by atoms with Gasteiger partial charge in [0.1, 0.15) is 22.7 Å². The number of benzene rings is 2. The number of amides is 1. The number of hydrogen-bond donors (Lipinski definition) is 1. The molecule has 1 aliphatic rings. The van der Waals surface area contributed by atoms with Crippen molar-refractivity contribution < 1.29 is 9.32 Å². The van der Waals surface area contributed by atoms with Gasteiger partial charge in [-0.2, -0.15) is 4.98 Å². The number of nitrogens with zero attached hydrogens (tertiary/aromatic N) is 4. The van der Waals surface area contributed by atoms with Crippen LogP contribution in [-0.2, 0) is 17.8 Å². The van der Waals surface area contributed by atoms with Crippen molar-refractivity contribution in [3.63, 3.8) is 0 Å². The fourth-order valence-corrected chi connectivity index (χ4v) is 4.36. The molecule has 0 radical (unpaired) electrons. The van der Waals surface area contributed by atoms with Crippen LogP contribution in [0.1, 0.15) is 37.1 Å². The second-order valence-corrected chi connectivity index (χ2v) is 8.93. The molecule has 0 aliphatic carbocycles. The molecule has 34 heavy (non-hydrogen) atoms. The van der Waals surface area contributed by atoms with E-state index in [-0.39, 0.29) is 12.3 Å². The van der Waals surface area contributed by atoms with Crippen molar-refractivity contribution in [1.82, 2.24) is 20.4 Å². The molecule has 7 nitrogen and oxygen atoms in total. The maximum absolute atomic E-state index is 12.5. The van der Waals surface area contributed by atoms with Crippen LogP contribution < -0.4 is 10.2 Å². The number of hydrogen-bond acceptors (Lipinski definition) is 6. The number of halogens is 1. The Bertz CT molecular complexity index is 1270. The Hall–Kier alpha value is -3.45. The van der Waals surface area contributed by atoms with Gasteiger partial charge in [0.25, 0.3) is 5.71 Å². The first-order valence-corrected chi connectivity index (χ1v) is 12.0. The van der Waals surface area contributed by atoms with Gasteiger partial charge < -0.3 is 14.7 Å². The fraction of sp³-hybridized carbons (Fsp3) is 0.308. The lowest BCUT2D eigenvalue weighted by Gasteiger charge is -2.28. The van der Waals surface area contributed by atoms with E-state index >= 15 is 0 Å². The van der Waals surface area contributed by atoms with Gasteiger partial charge in [-0.25, -0.2) is 4.98 Å². The van der Waals surface area contributed by atoms with E-state index in [4.69, 9.17) is 21.1 Å². The summed E-state index contributed by atoms with van der Waals surface area (Å²) >= 11 is 5.92. The van der Waals surface area contributed by atoms with E-state index in [0.717, 1.165) is 54.0 Å². The van der Waals surface area contributed by atoms with Crippen molar-refractivity contribution in [3.8, 4) is 11.3 Å². The van der Waals surface area contributed by atoms with Crippen molar-refractivity contribution in [3.05, 3.63) is 71.0 Å². The summed E-state index contributed by atoms with van der Waals surface area (Å²) in [6, 6.07) is 17.4. The van der Waals surface area contributed by atoms with E-state index in [1.165, 1.54) is 6.42 Å². The van der Waals surface area contributed by atoms with Crippen LogP contribution in [0.25, 0.3) is 22.4 Å². The lowest BCUT2D eigenvalue weighted by molar-refractivity contribution is -0.121. The predicted molar refractivity (Wildman–Crippen MR) is 133 cm³/mol. The smallest absolute Gasteiger partial charge is 0.263 e. The van der Waals surface area contributed by atoms with Gasteiger partial charge in [0.15, 0.2) is 0 Å². The zero-order valence-corrected chi connectivity index (χ0v) is 19.6. The molecule has 8 heteroatoms. The molecule has 4 aromatic rings. The molecule has 1 saturated heterocycles. The number of aromatic nitrogens is 3. The van der Waals surface area contributed by atoms with E-state index in [2.05, 4.69) is 20.4 Å². The molecule has 1 N–H and O–H groups in total. The normalized spacial score (nSPS) is 13.9. The van der Waals surface area contributed by atoms with Crippen LogP contribution in [0.3, 0.4) is 0 Å². The highest BCUT2D eigenvalue weighted by Gasteiger charge is 2.23. The Kier molecular flexibility index (Phi) is 6.72. The Morgan fingerprint density at radius 1 is 1.00 bits per heavy atom. The van der Waals surface area contributed by atoms with E-state index in [9.17, 15) is 4.79 Å². The van der Waals surface area contributed by atoms with Gasteiger partial charge in [0.2, 0.25) is 5.91 Å². The zero-order valence-electron chi connectivity index (χ0n) is 18.8. The van der Waals surface area contributed by atoms with Crippen LogP contribution >= 0.6 is 11.6 Å². The SMILES string of the molecule is O=C(CCc1nc(N2CCCCC2)c2c(-c3ccccc3)noc2n1)NCc1ccc(Cl)cc1. The van der Waals surface area contributed by atoms with Crippen LogP contribution in [0, 0.1) is 0 Å². The largest absolute Gasteiger partial charge is 0.356 e. The second-order valence-electron chi connectivity index (χ2n) is 8.49.